The summed E-state index contributed by atoms with van der Waals surface area (Å²) in [5.74, 6) is 0.436. The van der Waals surface area contributed by atoms with E-state index in [2.05, 4.69) is 25.3 Å². The molecule has 0 saturated heterocycles. The number of hydrogen-bond donors (Lipinski definition) is 1. The Bertz CT molecular complexity index is 1550. The molecule has 0 bridgehead atoms. The number of rotatable bonds is 8. The molecule has 4 heterocycles. The standard InChI is InChI=1S/C27H28N8O3/c1-17-20(15-30-35(17)4)16-34(3)25(36)19-12-21(23-29-10-11-37-23)31-22(13-19)24-32-33-26(38-24)27(2,28)14-18-8-6-5-7-9-18/h5-13,15H,14,16,28H2,1-4H3/t27-/m0/s1. The van der Waals surface area contributed by atoms with Gasteiger partial charge in [0.15, 0.2) is 0 Å². The zero-order valence-electron chi connectivity index (χ0n) is 21.6. The first-order valence-electron chi connectivity index (χ1n) is 12.0. The molecule has 194 valence electrons. The normalized spacial score (nSPS) is 12.9. The Kier molecular flexibility index (Phi) is 6.60. The predicted octanol–water partition coefficient (Wildman–Crippen LogP) is 3.52. The van der Waals surface area contributed by atoms with Crippen molar-refractivity contribution in [3.8, 4) is 23.2 Å². The van der Waals surface area contributed by atoms with Gasteiger partial charge in [0, 0.05) is 37.5 Å². The monoisotopic (exact) mass is 512 g/mol. The van der Waals surface area contributed by atoms with Gasteiger partial charge in [-0.3, -0.25) is 9.48 Å². The van der Waals surface area contributed by atoms with E-state index in [0.717, 1.165) is 16.8 Å². The number of nitrogens with zero attached hydrogens (tertiary/aromatic N) is 7. The predicted molar refractivity (Wildman–Crippen MR) is 138 cm³/mol. The van der Waals surface area contributed by atoms with E-state index >= 15 is 0 Å². The van der Waals surface area contributed by atoms with Crippen molar-refractivity contribution in [2.45, 2.75) is 32.4 Å². The lowest BCUT2D eigenvalue weighted by Gasteiger charge is -2.20. The molecule has 0 fully saturated rings. The number of oxazole rings is 1. The average Bonchev–Trinajstić information content (AvgIpc) is 3.68. The molecular weight excluding hydrogens is 484 g/mol. The fourth-order valence-electron chi connectivity index (χ4n) is 4.12. The SMILES string of the molecule is Cc1c(CN(C)C(=O)c2cc(-c3ncco3)nc(-c3nnc([C@@](C)(N)Cc4ccccc4)o3)c2)cnn1C. The molecule has 0 radical (unpaired) electrons. The van der Waals surface area contributed by atoms with Crippen LogP contribution in [0.15, 0.2) is 70.0 Å². The molecule has 0 aliphatic carbocycles. The Morgan fingerprint density at radius 1 is 1.13 bits per heavy atom. The summed E-state index contributed by atoms with van der Waals surface area (Å²) >= 11 is 0. The summed E-state index contributed by atoms with van der Waals surface area (Å²) < 4.78 is 13.2. The van der Waals surface area contributed by atoms with Gasteiger partial charge in [-0.15, -0.1) is 10.2 Å². The quantitative estimate of drug-likeness (QED) is 0.330. The van der Waals surface area contributed by atoms with Crippen LogP contribution in [0.2, 0.25) is 0 Å². The minimum atomic E-state index is -0.909. The Labute approximate surface area is 219 Å². The van der Waals surface area contributed by atoms with Crippen molar-refractivity contribution in [2.75, 3.05) is 7.05 Å². The summed E-state index contributed by atoms with van der Waals surface area (Å²) in [6.45, 7) is 4.18. The largest absolute Gasteiger partial charge is 0.443 e. The second kappa shape index (κ2) is 10.0. The second-order valence-corrected chi connectivity index (χ2v) is 9.50. The van der Waals surface area contributed by atoms with Crippen molar-refractivity contribution < 1.29 is 13.6 Å². The zero-order chi connectivity index (χ0) is 26.9. The van der Waals surface area contributed by atoms with Gasteiger partial charge >= 0.3 is 0 Å². The van der Waals surface area contributed by atoms with Crippen molar-refractivity contribution in [2.24, 2.45) is 12.8 Å². The molecular formula is C27H28N8O3. The third kappa shape index (κ3) is 5.09. The molecule has 0 aliphatic rings. The molecule has 0 unspecified atom stereocenters. The van der Waals surface area contributed by atoms with Gasteiger partial charge in [-0.05, 0) is 38.0 Å². The van der Waals surface area contributed by atoms with E-state index in [1.807, 2.05) is 51.2 Å². The van der Waals surface area contributed by atoms with E-state index in [1.165, 1.54) is 12.5 Å². The molecule has 38 heavy (non-hydrogen) atoms. The maximum absolute atomic E-state index is 13.5. The topological polar surface area (TPSA) is 142 Å². The van der Waals surface area contributed by atoms with Crippen molar-refractivity contribution in [1.29, 1.82) is 0 Å². The fourth-order valence-corrected chi connectivity index (χ4v) is 4.12. The van der Waals surface area contributed by atoms with Gasteiger partial charge in [-0.2, -0.15) is 5.10 Å². The number of pyridine rings is 1. The molecule has 5 aromatic rings. The lowest BCUT2D eigenvalue weighted by Crippen LogP contribution is -2.35. The van der Waals surface area contributed by atoms with Crippen LogP contribution in [0.3, 0.4) is 0 Å². The van der Waals surface area contributed by atoms with E-state index in [1.54, 1.807) is 35.0 Å². The molecule has 5 rings (SSSR count). The van der Waals surface area contributed by atoms with Gasteiger partial charge in [-0.1, -0.05) is 30.3 Å². The van der Waals surface area contributed by atoms with Gasteiger partial charge in [0.2, 0.25) is 11.8 Å². The van der Waals surface area contributed by atoms with Gasteiger partial charge in [0.1, 0.15) is 17.7 Å². The van der Waals surface area contributed by atoms with Crippen LogP contribution in [0.5, 0.6) is 0 Å². The number of hydrogen-bond acceptors (Lipinski definition) is 9. The third-order valence-electron chi connectivity index (χ3n) is 6.36. The first-order valence-corrected chi connectivity index (χ1v) is 12.0. The Balaban J connectivity index is 1.47. The number of carbonyl (C=O) groups is 1. The number of carbonyl (C=O) groups excluding carboxylic acids is 1. The van der Waals surface area contributed by atoms with E-state index < -0.39 is 5.54 Å². The lowest BCUT2D eigenvalue weighted by atomic mass is 9.94. The van der Waals surface area contributed by atoms with Crippen molar-refractivity contribution >= 4 is 5.91 Å². The summed E-state index contributed by atoms with van der Waals surface area (Å²) in [5, 5.41) is 12.7. The van der Waals surface area contributed by atoms with Gasteiger partial charge < -0.3 is 19.5 Å². The van der Waals surface area contributed by atoms with Crippen LogP contribution in [0.4, 0.5) is 0 Å². The highest BCUT2D eigenvalue weighted by Crippen LogP contribution is 2.28. The Morgan fingerprint density at radius 2 is 1.87 bits per heavy atom. The molecule has 11 nitrogen and oxygen atoms in total. The summed E-state index contributed by atoms with van der Waals surface area (Å²) in [5.41, 5.74) is 9.67. The summed E-state index contributed by atoms with van der Waals surface area (Å²) in [6.07, 6.45) is 5.21. The second-order valence-electron chi connectivity index (χ2n) is 9.50. The average molecular weight is 513 g/mol. The molecule has 0 spiro atoms. The van der Waals surface area contributed by atoms with Crippen LogP contribution in [0.25, 0.3) is 23.2 Å². The van der Waals surface area contributed by atoms with Crippen LogP contribution >= 0.6 is 0 Å². The third-order valence-corrected chi connectivity index (χ3v) is 6.36. The van der Waals surface area contributed by atoms with Crippen LogP contribution in [0, 0.1) is 6.92 Å². The van der Waals surface area contributed by atoms with E-state index in [-0.39, 0.29) is 23.6 Å². The van der Waals surface area contributed by atoms with Gasteiger partial charge in [-0.25, -0.2) is 9.97 Å². The number of nitrogens with two attached hydrogens (primary N) is 1. The van der Waals surface area contributed by atoms with Gasteiger partial charge in [0.25, 0.3) is 11.8 Å². The van der Waals surface area contributed by atoms with E-state index in [4.69, 9.17) is 14.6 Å². The molecule has 11 heteroatoms. The fraction of sp³-hybridized carbons (Fsp3) is 0.259. The molecule has 1 amide bonds. The molecule has 1 aromatic carbocycles. The van der Waals surface area contributed by atoms with Gasteiger partial charge in [0.05, 0.1) is 17.9 Å². The Hall–Kier alpha value is -4.64. The lowest BCUT2D eigenvalue weighted by molar-refractivity contribution is 0.0785. The molecule has 0 aliphatic heterocycles. The zero-order valence-corrected chi connectivity index (χ0v) is 21.6. The molecule has 0 saturated carbocycles. The number of aromatic nitrogens is 6. The van der Waals surface area contributed by atoms with Crippen LogP contribution < -0.4 is 5.73 Å². The maximum atomic E-state index is 13.5. The summed E-state index contributed by atoms with van der Waals surface area (Å²) in [4.78, 5) is 23.9. The number of amides is 1. The summed E-state index contributed by atoms with van der Waals surface area (Å²) in [7, 11) is 3.59. The van der Waals surface area contributed by atoms with Crippen LogP contribution in [-0.4, -0.2) is 47.8 Å². The van der Waals surface area contributed by atoms with E-state index in [0.29, 0.717) is 29.9 Å². The maximum Gasteiger partial charge on any atom is 0.266 e. The molecule has 4 aromatic heterocycles. The van der Waals surface area contributed by atoms with Crippen molar-refractivity contribution in [1.82, 2.24) is 34.8 Å². The number of aryl methyl sites for hydroxylation is 1. The van der Waals surface area contributed by atoms with Crippen molar-refractivity contribution in [3.63, 3.8) is 0 Å². The minimum Gasteiger partial charge on any atom is -0.443 e. The molecule has 1 atom stereocenters. The van der Waals surface area contributed by atoms with Crippen LogP contribution in [-0.2, 0) is 25.6 Å². The first kappa shape index (κ1) is 25.0. The van der Waals surface area contributed by atoms with Crippen molar-refractivity contribution in [3.05, 3.63) is 89.4 Å². The first-order chi connectivity index (χ1) is 18.2. The molecule has 2 N–H and O–H groups in total. The highest BCUT2D eigenvalue weighted by atomic mass is 16.4. The van der Waals surface area contributed by atoms with E-state index in [9.17, 15) is 4.79 Å². The smallest absolute Gasteiger partial charge is 0.266 e. The highest BCUT2D eigenvalue weighted by Gasteiger charge is 2.29. The van der Waals surface area contributed by atoms with Crippen LogP contribution in [0.1, 0.15) is 40.0 Å². The Morgan fingerprint density at radius 3 is 2.53 bits per heavy atom. The summed E-state index contributed by atoms with van der Waals surface area (Å²) in [6, 6.07) is 13.1. The number of benzene rings is 1. The minimum absolute atomic E-state index is 0.137. The highest BCUT2D eigenvalue weighted by molar-refractivity contribution is 5.95.